The molecule has 0 aliphatic heterocycles. The van der Waals surface area contributed by atoms with Crippen LogP contribution in [0.2, 0.25) is 0 Å². The van der Waals surface area contributed by atoms with Crippen molar-refractivity contribution in [2.45, 2.75) is 0 Å². The summed E-state index contributed by atoms with van der Waals surface area (Å²) >= 11 is 0. The average Bonchev–Trinajstić information content (AvgIpc) is 3.19. The molecule has 0 unspecified atom stereocenters. The van der Waals surface area contributed by atoms with Gasteiger partial charge in [-0.2, -0.15) is 10.5 Å². The Hall–Kier alpha value is -4.36. The van der Waals surface area contributed by atoms with Crippen LogP contribution in [0.4, 0.5) is 5.69 Å². The number of hydrogen-bond donors (Lipinski definition) is 0. The SMILES string of the molecule is COc1ccc(-c2ccc(/C=C(/C#N)c3cccc(C#N)c3)o2)c([N+](=O)[O-])c1. The number of nitro benzene ring substituents is 1. The Balaban J connectivity index is 2.00. The quantitative estimate of drug-likeness (QED) is 0.362. The predicted molar refractivity (Wildman–Crippen MR) is 102 cm³/mol. The number of ether oxygens (including phenoxy) is 1. The highest BCUT2D eigenvalue weighted by molar-refractivity contribution is 5.89. The van der Waals surface area contributed by atoms with Crippen molar-refractivity contribution in [3.63, 3.8) is 0 Å². The van der Waals surface area contributed by atoms with Gasteiger partial charge in [0.15, 0.2) is 0 Å². The zero-order chi connectivity index (χ0) is 20.1. The van der Waals surface area contributed by atoms with E-state index in [9.17, 15) is 15.4 Å². The zero-order valence-corrected chi connectivity index (χ0v) is 14.7. The Bertz CT molecular complexity index is 1160. The van der Waals surface area contributed by atoms with Gasteiger partial charge >= 0.3 is 0 Å². The molecular formula is C21H13N3O4. The third-order valence-electron chi connectivity index (χ3n) is 4.00. The number of allylic oxidation sites excluding steroid dienone is 1. The van der Waals surface area contributed by atoms with Crippen LogP contribution in [0.1, 0.15) is 16.9 Å². The van der Waals surface area contributed by atoms with Gasteiger partial charge in [-0.15, -0.1) is 0 Å². The van der Waals surface area contributed by atoms with Gasteiger partial charge in [-0.3, -0.25) is 10.1 Å². The minimum Gasteiger partial charge on any atom is -0.497 e. The standard InChI is InChI=1S/C21H13N3O4/c1-27-17-5-7-19(20(11-17)24(25)26)21-8-6-18(28-21)10-16(13-23)15-4-2-3-14(9-15)12-22/h2-11H,1H3/b16-10-. The summed E-state index contributed by atoms with van der Waals surface area (Å²) < 4.78 is 10.7. The fourth-order valence-electron chi connectivity index (χ4n) is 2.65. The van der Waals surface area contributed by atoms with E-state index in [0.717, 1.165) is 0 Å². The lowest BCUT2D eigenvalue weighted by Gasteiger charge is -2.03. The number of furan rings is 1. The van der Waals surface area contributed by atoms with Crippen molar-refractivity contribution in [1.82, 2.24) is 0 Å². The van der Waals surface area contributed by atoms with E-state index < -0.39 is 4.92 Å². The maximum atomic E-state index is 11.4. The summed E-state index contributed by atoms with van der Waals surface area (Å²) in [4.78, 5) is 10.9. The van der Waals surface area contributed by atoms with Crippen LogP contribution in [0.25, 0.3) is 23.0 Å². The van der Waals surface area contributed by atoms with Crippen molar-refractivity contribution in [1.29, 1.82) is 10.5 Å². The first kappa shape index (κ1) is 18.4. The Morgan fingerprint density at radius 3 is 2.68 bits per heavy atom. The summed E-state index contributed by atoms with van der Waals surface area (Å²) in [6.45, 7) is 0. The van der Waals surface area contributed by atoms with E-state index in [4.69, 9.17) is 14.4 Å². The summed E-state index contributed by atoms with van der Waals surface area (Å²) in [5.41, 5.74) is 1.48. The summed E-state index contributed by atoms with van der Waals surface area (Å²) in [6, 6.07) is 18.5. The Morgan fingerprint density at radius 1 is 1.18 bits per heavy atom. The van der Waals surface area contributed by atoms with Crippen LogP contribution < -0.4 is 4.74 Å². The number of nitro groups is 1. The second kappa shape index (κ2) is 7.90. The smallest absolute Gasteiger partial charge is 0.284 e. The minimum absolute atomic E-state index is 0.147. The van der Waals surface area contributed by atoms with Crippen molar-refractivity contribution in [3.05, 3.63) is 81.6 Å². The fraction of sp³-hybridized carbons (Fsp3) is 0.0476. The van der Waals surface area contributed by atoms with Gasteiger partial charge in [0.1, 0.15) is 17.3 Å². The molecule has 2 aromatic carbocycles. The van der Waals surface area contributed by atoms with Crippen molar-refractivity contribution < 1.29 is 14.1 Å². The number of rotatable bonds is 5. The number of hydrogen-bond acceptors (Lipinski definition) is 6. The van der Waals surface area contributed by atoms with Crippen LogP contribution in [-0.4, -0.2) is 12.0 Å². The van der Waals surface area contributed by atoms with Gasteiger partial charge in [0.2, 0.25) is 0 Å². The summed E-state index contributed by atoms with van der Waals surface area (Å²) in [7, 11) is 1.43. The van der Waals surface area contributed by atoms with Crippen LogP contribution in [0.3, 0.4) is 0 Å². The molecule has 1 aromatic heterocycles. The highest BCUT2D eigenvalue weighted by Crippen LogP contribution is 2.34. The molecule has 0 aliphatic carbocycles. The molecule has 7 nitrogen and oxygen atoms in total. The Morgan fingerprint density at radius 2 is 2.00 bits per heavy atom. The molecule has 0 aliphatic rings. The van der Waals surface area contributed by atoms with Crippen LogP contribution in [0, 0.1) is 32.8 Å². The zero-order valence-electron chi connectivity index (χ0n) is 14.7. The van der Waals surface area contributed by atoms with Gasteiger partial charge in [0.05, 0.1) is 46.9 Å². The molecule has 1 heterocycles. The number of benzene rings is 2. The van der Waals surface area contributed by atoms with E-state index in [2.05, 4.69) is 6.07 Å². The molecule has 136 valence electrons. The monoisotopic (exact) mass is 371 g/mol. The normalized spacial score (nSPS) is 10.8. The van der Waals surface area contributed by atoms with Crippen molar-refractivity contribution in [2.24, 2.45) is 0 Å². The average molecular weight is 371 g/mol. The number of methoxy groups -OCH3 is 1. The topological polar surface area (TPSA) is 113 Å². The molecule has 7 heteroatoms. The van der Waals surface area contributed by atoms with Crippen LogP contribution in [0.15, 0.2) is 59.0 Å². The van der Waals surface area contributed by atoms with Gasteiger partial charge in [0, 0.05) is 0 Å². The van der Waals surface area contributed by atoms with Gasteiger partial charge in [-0.1, -0.05) is 12.1 Å². The molecule has 0 fully saturated rings. The van der Waals surface area contributed by atoms with Gasteiger partial charge < -0.3 is 9.15 Å². The van der Waals surface area contributed by atoms with Crippen LogP contribution in [-0.2, 0) is 0 Å². The maximum absolute atomic E-state index is 11.4. The third kappa shape index (κ3) is 3.74. The van der Waals surface area contributed by atoms with E-state index in [0.29, 0.717) is 39.5 Å². The second-order valence-electron chi connectivity index (χ2n) is 5.70. The molecule has 0 bridgehead atoms. The van der Waals surface area contributed by atoms with Gasteiger partial charge in [-0.05, 0) is 48.0 Å². The first-order valence-electron chi connectivity index (χ1n) is 8.10. The van der Waals surface area contributed by atoms with E-state index in [-0.39, 0.29) is 5.69 Å². The highest BCUT2D eigenvalue weighted by atomic mass is 16.6. The van der Waals surface area contributed by atoms with Crippen LogP contribution in [0.5, 0.6) is 5.75 Å². The molecule has 0 spiro atoms. The molecule has 0 N–H and O–H groups in total. The van der Waals surface area contributed by atoms with Crippen molar-refractivity contribution >= 4 is 17.3 Å². The van der Waals surface area contributed by atoms with E-state index >= 15 is 0 Å². The maximum Gasteiger partial charge on any atom is 0.284 e. The highest BCUT2D eigenvalue weighted by Gasteiger charge is 2.19. The van der Waals surface area contributed by atoms with E-state index in [1.807, 2.05) is 6.07 Å². The molecule has 0 atom stereocenters. The van der Waals surface area contributed by atoms with Gasteiger partial charge in [0.25, 0.3) is 5.69 Å². The number of nitrogens with zero attached hydrogens (tertiary/aromatic N) is 3. The van der Waals surface area contributed by atoms with E-state index in [1.165, 1.54) is 19.3 Å². The number of nitriles is 2. The van der Waals surface area contributed by atoms with Crippen molar-refractivity contribution in [3.8, 4) is 29.2 Å². The summed E-state index contributed by atoms with van der Waals surface area (Å²) in [5, 5.41) is 29.8. The molecule has 0 saturated carbocycles. The molecular weight excluding hydrogens is 358 g/mol. The first-order valence-corrected chi connectivity index (χ1v) is 8.10. The van der Waals surface area contributed by atoms with E-state index in [1.54, 1.807) is 48.5 Å². The third-order valence-corrected chi connectivity index (χ3v) is 4.00. The lowest BCUT2D eigenvalue weighted by atomic mass is 10.0. The molecule has 3 aromatic rings. The molecule has 28 heavy (non-hydrogen) atoms. The minimum atomic E-state index is -0.510. The Labute approximate surface area is 160 Å². The van der Waals surface area contributed by atoms with Crippen LogP contribution >= 0.6 is 0 Å². The summed E-state index contributed by atoms with van der Waals surface area (Å²) in [6.07, 6.45) is 1.52. The molecule has 0 amide bonds. The Kier molecular flexibility index (Phi) is 5.20. The largest absolute Gasteiger partial charge is 0.497 e. The van der Waals surface area contributed by atoms with Gasteiger partial charge in [-0.25, -0.2) is 0 Å². The predicted octanol–water partition coefficient (Wildman–Crippen LogP) is 4.80. The first-order chi connectivity index (χ1) is 13.5. The second-order valence-corrected chi connectivity index (χ2v) is 5.70. The van der Waals surface area contributed by atoms with Crippen molar-refractivity contribution in [2.75, 3.05) is 7.11 Å². The summed E-state index contributed by atoms with van der Waals surface area (Å²) in [5.74, 6) is 1.02. The molecule has 0 saturated heterocycles. The molecule has 0 radical (unpaired) electrons. The molecule has 3 rings (SSSR count). The lowest BCUT2D eigenvalue weighted by molar-refractivity contribution is -0.384. The lowest BCUT2D eigenvalue weighted by Crippen LogP contribution is -1.93. The fourth-order valence-corrected chi connectivity index (χ4v) is 2.65.